The minimum Gasteiger partial charge on any atom is -0.380 e. The lowest BCUT2D eigenvalue weighted by atomic mass is 9.86. The SMILES string of the molecule is CN=C(C(=O)N1CCC(N2CCC(Cc3ccc(C)c(Cl)c3)[C@H](OC)C2)CC1)c1ccccc1C. The van der Waals surface area contributed by atoms with Crippen molar-refractivity contribution in [3.63, 3.8) is 0 Å². The third-order valence-electron chi connectivity index (χ3n) is 7.86. The molecule has 1 unspecified atom stereocenters. The van der Waals surface area contributed by atoms with Crippen LogP contribution in [-0.2, 0) is 16.0 Å². The Morgan fingerprint density at radius 2 is 1.80 bits per heavy atom. The van der Waals surface area contributed by atoms with Gasteiger partial charge in [-0.25, -0.2) is 0 Å². The quantitative estimate of drug-likeness (QED) is 0.533. The van der Waals surface area contributed by atoms with E-state index in [0.717, 1.165) is 73.6 Å². The number of carbonyl (C=O) groups is 1. The van der Waals surface area contributed by atoms with Gasteiger partial charge in [0.15, 0.2) is 0 Å². The van der Waals surface area contributed by atoms with E-state index in [1.54, 1.807) is 7.05 Å². The van der Waals surface area contributed by atoms with Crippen molar-refractivity contribution in [2.75, 3.05) is 40.3 Å². The third-order valence-corrected chi connectivity index (χ3v) is 8.27. The second-order valence-electron chi connectivity index (χ2n) is 10.0. The number of piperidine rings is 2. The van der Waals surface area contributed by atoms with Crippen molar-refractivity contribution in [3.8, 4) is 0 Å². The molecule has 0 spiro atoms. The first-order valence-corrected chi connectivity index (χ1v) is 13.1. The van der Waals surface area contributed by atoms with Gasteiger partial charge in [-0.3, -0.25) is 14.7 Å². The molecule has 0 bridgehead atoms. The average molecular weight is 496 g/mol. The van der Waals surface area contributed by atoms with E-state index in [4.69, 9.17) is 16.3 Å². The van der Waals surface area contributed by atoms with E-state index in [1.165, 1.54) is 5.56 Å². The van der Waals surface area contributed by atoms with Crippen LogP contribution in [0.3, 0.4) is 0 Å². The van der Waals surface area contributed by atoms with Crippen LogP contribution in [0.15, 0.2) is 47.5 Å². The molecule has 0 aromatic heterocycles. The highest BCUT2D eigenvalue weighted by Crippen LogP contribution is 2.29. The Balaban J connectivity index is 1.33. The van der Waals surface area contributed by atoms with E-state index in [1.807, 2.05) is 50.1 Å². The van der Waals surface area contributed by atoms with E-state index >= 15 is 0 Å². The molecular weight excluding hydrogens is 458 g/mol. The van der Waals surface area contributed by atoms with Crippen molar-refractivity contribution in [1.29, 1.82) is 0 Å². The first kappa shape index (κ1) is 25.9. The number of rotatable bonds is 6. The molecule has 2 aliphatic rings. The Kier molecular flexibility index (Phi) is 8.64. The van der Waals surface area contributed by atoms with Gasteiger partial charge in [-0.2, -0.15) is 0 Å². The van der Waals surface area contributed by atoms with Crippen LogP contribution in [-0.4, -0.2) is 73.9 Å². The number of likely N-dealkylation sites (tertiary alicyclic amines) is 2. The zero-order valence-corrected chi connectivity index (χ0v) is 22.2. The molecule has 2 heterocycles. The standard InChI is InChI=1S/C29H38ClN3O2/c1-20-7-5-6-8-25(20)28(31-3)29(34)32-15-12-24(13-16-32)33-14-11-23(27(19-33)35-4)17-22-10-9-21(2)26(30)18-22/h5-10,18,23-24,27H,11-17,19H2,1-4H3/t23?,27-/m1/s1. The van der Waals surface area contributed by atoms with Gasteiger partial charge in [-0.15, -0.1) is 0 Å². The summed E-state index contributed by atoms with van der Waals surface area (Å²) in [5.74, 6) is 0.541. The van der Waals surface area contributed by atoms with E-state index in [-0.39, 0.29) is 12.0 Å². The molecule has 5 nitrogen and oxygen atoms in total. The maximum absolute atomic E-state index is 13.3. The predicted molar refractivity (Wildman–Crippen MR) is 144 cm³/mol. The Hall–Kier alpha value is -2.21. The highest BCUT2D eigenvalue weighted by Gasteiger charge is 2.35. The number of hydrogen-bond acceptors (Lipinski definition) is 4. The molecule has 0 radical (unpaired) electrons. The number of aryl methyl sites for hydroxylation is 2. The van der Waals surface area contributed by atoms with Crippen molar-refractivity contribution in [3.05, 3.63) is 69.7 Å². The van der Waals surface area contributed by atoms with Crippen molar-refractivity contribution in [1.82, 2.24) is 9.80 Å². The van der Waals surface area contributed by atoms with Crippen LogP contribution in [0.1, 0.15) is 41.5 Å². The number of halogens is 1. The molecule has 2 aromatic carbocycles. The molecule has 2 saturated heterocycles. The van der Waals surface area contributed by atoms with E-state index < -0.39 is 0 Å². The Bertz CT molecular complexity index is 1060. The lowest BCUT2D eigenvalue weighted by molar-refractivity contribution is -0.126. The summed E-state index contributed by atoms with van der Waals surface area (Å²) in [5.41, 5.74) is 4.99. The first-order valence-electron chi connectivity index (χ1n) is 12.7. The molecule has 188 valence electrons. The number of amides is 1. The first-order chi connectivity index (χ1) is 16.9. The number of benzene rings is 2. The van der Waals surface area contributed by atoms with Crippen molar-refractivity contribution < 1.29 is 9.53 Å². The summed E-state index contributed by atoms with van der Waals surface area (Å²) in [4.78, 5) is 22.2. The molecule has 2 aromatic rings. The average Bonchev–Trinajstić information content (AvgIpc) is 2.88. The summed E-state index contributed by atoms with van der Waals surface area (Å²) >= 11 is 6.36. The van der Waals surface area contributed by atoms with Crippen LogP contribution in [0, 0.1) is 19.8 Å². The Labute approximate surface area is 215 Å². The second kappa shape index (κ2) is 11.7. The van der Waals surface area contributed by atoms with Gasteiger partial charge in [0, 0.05) is 50.4 Å². The number of aliphatic imine (C=N–C) groups is 1. The van der Waals surface area contributed by atoms with Gasteiger partial charge in [-0.1, -0.05) is 48.0 Å². The summed E-state index contributed by atoms with van der Waals surface area (Å²) in [5, 5.41) is 0.842. The van der Waals surface area contributed by atoms with Gasteiger partial charge in [0.25, 0.3) is 5.91 Å². The molecule has 6 heteroatoms. The third kappa shape index (κ3) is 5.96. The van der Waals surface area contributed by atoms with Gasteiger partial charge in [0.2, 0.25) is 0 Å². The Morgan fingerprint density at radius 3 is 2.46 bits per heavy atom. The molecule has 2 aliphatic heterocycles. The summed E-state index contributed by atoms with van der Waals surface area (Å²) in [6, 6.07) is 14.9. The van der Waals surface area contributed by atoms with Crippen molar-refractivity contribution >= 4 is 23.2 Å². The molecule has 0 aliphatic carbocycles. The lowest BCUT2D eigenvalue weighted by Crippen LogP contribution is -2.54. The topological polar surface area (TPSA) is 45.1 Å². The summed E-state index contributed by atoms with van der Waals surface area (Å²) in [6.45, 7) is 7.64. The maximum Gasteiger partial charge on any atom is 0.272 e. The van der Waals surface area contributed by atoms with Crippen molar-refractivity contribution in [2.24, 2.45) is 10.9 Å². The number of methoxy groups -OCH3 is 1. The lowest BCUT2D eigenvalue weighted by Gasteiger charge is -2.44. The molecular formula is C29H38ClN3O2. The van der Waals surface area contributed by atoms with Gasteiger partial charge < -0.3 is 9.64 Å². The fraction of sp³-hybridized carbons (Fsp3) is 0.517. The minimum absolute atomic E-state index is 0.0467. The molecule has 0 saturated carbocycles. The largest absolute Gasteiger partial charge is 0.380 e. The van der Waals surface area contributed by atoms with Gasteiger partial charge in [0.05, 0.1) is 6.10 Å². The monoisotopic (exact) mass is 495 g/mol. The maximum atomic E-state index is 13.3. The molecule has 1 amide bonds. The van der Waals surface area contributed by atoms with Crippen LogP contribution in [0.4, 0.5) is 0 Å². The molecule has 0 N–H and O–H groups in total. The summed E-state index contributed by atoms with van der Waals surface area (Å²) in [6.07, 6.45) is 4.31. The smallest absolute Gasteiger partial charge is 0.272 e. The molecule has 35 heavy (non-hydrogen) atoms. The molecule has 2 atom stereocenters. The molecule has 2 fully saturated rings. The highest BCUT2D eigenvalue weighted by atomic mass is 35.5. The van der Waals surface area contributed by atoms with Gasteiger partial charge >= 0.3 is 0 Å². The minimum atomic E-state index is 0.0467. The normalized spacial score (nSPS) is 22.4. The number of carbonyl (C=O) groups excluding carboxylic acids is 1. The highest BCUT2D eigenvalue weighted by molar-refractivity contribution is 6.45. The zero-order chi connectivity index (χ0) is 24.9. The molecule has 4 rings (SSSR count). The van der Waals surface area contributed by atoms with E-state index in [0.29, 0.717) is 17.7 Å². The van der Waals surface area contributed by atoms with E-state index in [2.05, 4.69) is 28.1 Å². The van der Waals surface area contributed by atoms with Gasteiger partial charge in [0.1, 0.15) is 5.71 Å². The van der Waals surface area contributed by atoms with E-state index in [9.17, 15) is 4.79 Å². The number of nitrogens with zero attached hydrogens (tertiary/aromatic N) is 3. The fourth-order valence-electron chi connectivity index (χ4n) is 5.64. The van der Waals surface area contributed by atoms with Crippen LogP contribution in [0.25, 0.3) is 0 Å². The van der Waals surface area contributed by atoms with Crippen LogP contribution in [0.5, 0.6) is 0 Å². The summed E-state index contributed by atoms with van der Waals surface area (Å²) in [7, 11) is 3.55. The predicted octanol–water partition coefficient (Wildman–Crippen LogP) is 4.95. The van der Waals surface area contributed by atoms with Crippen LogP contribution >= 0.6 is 11.6 Å². The number of ether oxygens (including phenoxy) is 1. The fourth-order valence-corrected chi connectivity index (χ4v) is 5.84. The zero-order valence-electron chi connectivity index (χ0n) is 21.5. The van der Waals surface area contributed by atoms with Gasteiger partial charge in [-0.05, 0) is 74.8 Å². The van der Waals surface area contributed by atoms with Crippen molar-refractivity contribution in [2.45, 2.75) is 51.7 Å². The van der Waals surface area contributed by atoms with Crippen LogP contribution in [0.2, 0.25) is 5.02 Å². The number of hydrogen-bond donors (Lipinski definition) is 0. The summed E-state index contributed by atoms with van der Waals surface area (Å²) < 4.78 is 5.96. The Morgan fingerprint density at radius 1 is 1.06 bits per heavy atom. The second-order valence-corrected chi connectivity index (χ2v) is 10.4. The van der Waals surface area contributed by atoms with Crippen LogP contribution < -0.4 is 0 Å².